The monoisotopic (exact) mass is 440 g/mol. The fourth-order valence-corrected chi connectivity index (χ4v) is 11.1. The van der Waals surface area contributed by atoms with Gasteiger partial charge in [-0.05, 0) is 48.6 Å². The van der Waals surface area contributed by atoms with Crippen LogP contribution < -0.4 is 10.4 Å². The Morgan fingerprint density at radius 2 is 1.25 bits per heavy atom. The molecule has 0 spiro atoms. The molecule has 2 heteroatoms. The number of rotatable bonds is 5. The summed E-state index contributed by atoms with van der Waals surface area (Å²) in [5.74, 6) is 0. The molecule has 3 aromatic carbocycles. The van der Waals surface area contributed by atoms with Crippen LogP contribution >= 0.6 is 0 Å². The third kappa shape index (κ3) is 4.53. The normalized spacial score (nSPS) is 18.8. The molecule has 3 aromatic rings. The molecule has 0 aliphatic carbocycles. The van der Waals surface area contributed by atoms with Crippen molar-refractivity contribution in [3.05, 3.63) is 103 Å². The largest absolute Gasteiger partial charge is 0.368 e. The van der Waals surface area contributed by atoms with E-state index in [9.17, 15) is 0 Å². The average Bonchev–Trinajstić information content (AvgIpc) is 2.77. The zero-order chi connectivity index (χ0) is 22.8. The van der Waals surface area contributed by atoms with Gasteiger partial charge in [-0.3, -0.25) is 0 Å². The molecule has 4 rings (SSSR count). The van der Waals surface area contributed by atoms with Gasteiger partial charge >= 0.3 is 0 Å². The first-order valence-electron chi connectivity index (χ1n) is 11.8. The van der Waals surface area contributed by atoms with E-state index in [0.717, 1.165) is 12.5 Å². The highest BCUT2D eigenvalue weighted by Gasteiger charge is 2.49. The van der Waals surface area contributed by atoms with Crippen molar-refractivity contribution < 1.29 is 4.74 Å². The Kier molecular flexibility index (Phi) is 6.29. The summed E-state index contributed by atoms with van der Waals surface area (Å²) in [4.78, 5) is 0. The van der Waals surface area contributed by atoms with Crippen molar-refractivity contribution in [2.45, 2.75) is 63.8 Å². The van der Waals surface area contributed by atoms with Crippen molar-refractivity contribution in [3.63, 3.8) is 0 Å². The third-order valence-corrected chi connectivity index (χ3v) is 13.2. The van der Waals surface area contributed by atoms with Gasteiger partial charge in [0, 0.05) is 0 Å². The van der Waals surface area contributed by atoms with E-state index in [1.807, 2.05) is 0 Å². The zero-order valence-corrected chi connectivity index (χ0v) is 21.1. The fraction of sp³-hybridized carbons (Fsp3) is 0.333. The molecule has 0 amide bonds. The van der Waals surface area contributed by atoms with Crippen molar-refractivity contribution in [2.75, 3.05) is 0 Å². The van der Waals surface area contributed by atoms with Gasteiger partial charge in [0.25, 0.3) is 0 Å². The molecule has 1 unspecified atom stereocenters. The highest BCUT2D eigenvalue weighted by molar-refractivity contribution is 7.04. The Labute approximate surface area is 195 Å². The Hall–Kier alpha value is -2.42. The second kappa shape index (κ2) is 8.84. The van der Waals surface area contributed by atoms with Gasteiger partial charge in [0.05, 0.1) is 11.7 Å². The van der Waals surface area contributed by atoms with Crippen molar-refractivity contribution >= 4 is 24.0 Å². The second-order valence-corrected chi connectivity index (χ2v) is 15.5. The summed E-state index contributed by atoms with van der Waals surface area (Å²) in [5, 5.41) is 3.13. The molecule has 166 valence electrons. The lowest BCUT2D eigenvalue weighted by atomic mass is 9.91. The van der Waals surface area contributed by atoms with Crippen molar-refractivity contribution in [3.8, 4) is 0 Å². The van der Waals surface area contributed by atoms with Crippen LogP contribution in [0.5, 0.6) is 0 Å². The summed E-state index contributed by atoms with van der Waals surface area (Å²) < 4.78 is 6.78. The predicted molar refractivity (Wildman–Crippen MR) is 140 cm³/mol. The topological polar surface area (TPSA) is 9.23 Å². The van der Waals surface area contributed by atoms with Crippen LogP contribution in [0.15, 0.2) is 97.1 Å². The van der Waals surface area contributed by atoms with E-state index >= 15 is 0 Å². The van der Waals surface area contributed by atoms with Gasteiger partial charge in [-0.1, -0.05) is 122 Å². The molecule has 0 N–H and O–H groups in total. The maximum absolute atomic E-state index is 6.78. The van der Waals surface area contributed by atoms with Crippen LogP contribution in [0, 0.1) is 0 Å². The van der Waals surface area contributed by atoms with E-state index in [-0.39, 0.29) is 16.7 Å². The average molecular weight is 441 g/mol. The van der Waals surface area contributed by atoms with E-state index in [2.05, 4.69) is 132 Å². The summed E-state index contributed by atoms with van der Waals surface area (Å²) in [6, 6.07) is 34.4. The number of hydrogen-bond acceptors (Lipinski definition) is 1. The molecule has 1 atom stereocenters. The lowest BCUT2D eigenvalue weighted by Crippen LogP contribution is -2.66. The lowest BCUT2D eigenvalue weighted by molar-refractivity contribution is -0.0368. The predicted octanol–water partition coefficient (Wildman–Crippen LogP) is 6.70. The van der Waals surface area contributed by atoms with Gasteiger partial charge in [0.2, 0.25) is 0 Å². The molecule has 0 saturated heterocycles. The van der Waals surface area contributed by atoms with E-state index in [0.29, 0.717) is 0 Å². The Balaban J connectivity index is 1.81. The van der Waals surface area contributed by atoms with E-state index in [1.165, 1.54) is 21.5 Å². The Morgan fingerprint density at radius 1 is 0.781 bits per heavy atom. The second-order valence-electron chi connectivity index (χ2n) is 10.7. The first-order chi connectivity index (χ1) is 15.2. The summed E-state index contributed by atoms with van der Waals surface area (Å²) in [5.41, 5.74) is 2.44. The molecule has 32 heavy (non-hydrogen) atoms. The SMILES string of the molecule is CC1(C)C=C(c2ccccc2)CC(C[Si](c2ccccc2)(c2ccccc2)C(C)(C)C)O1. The first kappa shape index (κ1) is 22.8. The first-order valence-corrected chi connectivity index (χ1v) is 14.0. The minimum atomic E-state index is -2.18. The van der Waals surface area contributed by atoms with E-state index in [1.54, 1.807) is 0 Å². The zero-order valence-electron chi connectivity index (χ0n) is 20.1. The number of ether oxygens (including phenoxy) is 1. The van der Waals surface area contributed by atoms with Crippen molar-refractivity contribution in [1.29, 1.82) is 0 Å². The van der Waals surface area contributed by atoms with Crippen LogP contribution in [0.3, 0.4) is 0 Å². The molecule has 0 bridgehead atoms. The molecule has 1 heterocycles. The molecule has 1 aliphatic heterocycles. The van der Waals surface area contributed by atoms with E-state index in [4.69, 9.17) is 4.74 Å². The van der Waals surface area contributed by atoms with Crippen molar-refractivity contribution in [1.82, 2.24) is 0 Å². The quantitative estimate of drug-likeness (QED) is 0.401. The third-order valence-electron chi connectivity index (χ3n) is 6.93. The van der Waals surface area contributed by atoms with Gasteiger partial charge in [-0.25, -0.2) is 0 Å². The summed E-state index contributed by atoms with van der Waals surface area (Å²) >= 11 is 0. The minimum Gasteiger partial charge on any atom is -0.368 e. The maximum atomic E-state index is 6.78. The fourth-order valence-electron chi connectivity index (χ4n) is 5.56. The van der Waals surface area contributed by atoms with Crippen molar-refractivity contribution in [2.24, 2.45) is 0 Å². The van der Waals surface area contributed by atoms with Crippen LogP contribution in [0.25, 0.3) is 5.57 Å². The van der Waals surface area contributed by atoms with Gasteiger partial charge in [0.1, 0.15) is 8.07 Å². The smallest absolute Gasteiger partial charge is 0.125 e. The lowest BCUT2D eigenvalue weighted by Gasteiger charge is -2.47. The van der Waals surface area contributed by atoms with Gasteiger partial charge in [0.15, 0.2) is 0 Å². The number of benzene rings is 3. The molecular formula is C30H36OSi. The molecule has 1 aliphatic rings. The summed E-state index contributed by atoms with van der Waals surface area (Å²) in [7, 11) is -2.18. The van der Waals surface area contributed by atoms with E-state index < -0.39 is 8.07 Å². The summed E-state index contributed by atoms with van der Waals surface area (Å²) in [6.07, 6.45) is 3.46. The highest BCUT2D eigenvalue weighted by Crippen LogP contribution is 2.43. The van der Waals surface area contributed by atoms with Gasteiger partial charge < -0.3 is 4.74 Å². The number of hydrogen-bond donors (Lipinski definition) is 0. The van der Waals surface area contributed by atoms with Crippen LogP contribution in [0.1, 0.15) is 46.6 Å². The molecule has 0 fully saturated rings. The van der Waals surface area contributed by atoms with Gasteiger partial charge in [-0.2, -0.15) is 0 Å². The van der Waals surface area contributed by atoms with Crippen LogP contribution in [0.2, 0.25) is 11.1 Å². The molecule has 0 radical (unpaired) electrons. The van der Waals surface area contributed by atoms with Gasteiger partial charge in [-0.15, -0.1) is 0 Å². The molecule has 0 aromatic heterocycles. The Bertz CT molecular complexity index is 1010. The summed E-state index contributed by atoms with van der Waals surface area (Å²) in [6.45, 7) is 11.7. The molecule has 0 saturated carbocycles. The highest BCUT2D eigenvalue weighted by atomic mass is 28.3. The van der Waals surface area contributed by atoms with Crippen LogP contribution in [0.4, 0.5) is 0 Å². The molecule has 1 nitrogen and oxygen atoms in total. The van der Waals surface area contributed by atoms with Crippen LogP contribution in [-0.4, -0.2) is 19.8 Å². The molecular weight excluding hydrogens is 404 g/mol. The maximum Gasteiger partial charge on any atom is 0.125 e. The Morgan fingerprint density at radius 3 is 1.72 bits per heavy atom. The standard InChI is InChI=1S/C30H36OSi/c1-29(2,3)32(27-17-11-7-12-18-27,28-19-13-8-14-20-28)23-26-21-25(22-30(4,5)31-26)24-15-9-6-10-16-24/h6-20,22,26H,21,23H2,1-5H3. The minimum absolute atomic E-state index is 0.136. The van der Waals surface area contributed by atoms with Crippen LogP contribution in [-0.2, 0) is 4.74 Å².